The number of nitrogens with one attached hydrogen (secondary N) is 1. The number of aliphatic carboxylic acids is 2. The molecular weight excluding hydrogens is 229 g/mol. The van der Waals surface area contributed by atoms with Crippen molar-refractivity contribution in [2.24, 2.45) is 5.92 Å². The summed E-state index contributed by atoms with van der Waals surface area (Å²) in [4.78, 5) is 38.0. The van der Waals surface area contributed by atoms with Crippen LogP contribution in [0.15, 0.2) is 0 Å². The molecule has 0 amide bonds. The fraction of sp³-hybridized carbons (Fsp3) is 0.667. The second kappa shape index (κ2) is 5.22. The summed E-state index contributed by atoms with van der Waals surface area (Å²) in [7, 11) is -4.40. The van der Waals surface area contributed by atoms with Crippen LogP contribution in [0.3, 0.4) is 0 Å². The van der Waals surface area contributed by atoms with Gasteiger partial charge in [-0.2, -0.15) is 0 Å². The average molecular weight is 241 g/mol. The maximum Gasteiger partial charge on any atom is 0.339 e. The number of rotatable bonds is 6. The molecular formula is C6H12NO7P. The van der Waals surface area contributed by atoms with Crippen LogP contribution in [0, 0.1) is 5.92 Å². The lowest BCUT2D eigenvalue weighted by Crippen LogP contribution is -2.45. The Balaban J connectivity index is 4.49. The van der Waals surface area contributed by atoms with E-state index in [1.165, 1.54) is 0 Å². The Labute approximate surface area is 85.1 Å². The monoisotopic (exact) mass is 241 g/mol. The van der Waals surface area contributed by atoms with E-state index < -0.39 is 37.8 Å². The molecule has 0 spiro atoms. The molecule has 0 aliphatic rings. The maximum atomic E-state index is 10.6. The zero-order chi connectivity index (χ0) is 12.2. The third kappa shape index (κ3) is 5.48. The minimum atomic E-state index is -4.40. The summed E-state index contributed by atoms with van der Waals surface area (Å²) in [5.41, 5.74) is 0. The highest BCUT2D eigenvalue weighted by Gasteiger charge is 2.31. The standard InChI is InChI=1S/C6H12NO7P/c1-3(5(8)9)4(6(10)11)7-2-15(12,13)14/h3-4,7H,2H2,1H3,(H,8,9)(H,10,11)(H2,12,13,14). The first-order chi connectivity index (χ1) is 6.65. The van der Waals surface area contributed by atoms with E-state index in [1.54, 1.807) is 0 Å². The molecule has 0 aromatic rings. The minimum absolute atomic E-state index is 0.873. The Morgan fingerprint density at radius 1 is 1.27 bits per heavy atom. The van der Waals surface area contributed by atoms with Crippen LogP contribution in [0.2, 0.25) is 0 Å². The number of hydrogen-bond acceptors (Lipinski definition) is 4. The van der Waals surface area contributed by atoms with Crippen LogP contribution in [0.5, 0.6) is 0 Å². The Morgan fingerprint density at radius 2 is 1.73 bits per heavy atom. The van der Waals surface area contributed by atoms with Gasteiger partial charge in [0.1, 0.15) is 6.04 Å². The molecule has 15 heavy (non-hydrogen) atoms. The second-order valence-electron chi connectivity index (χ2n) is 2.97. The van der Waals surface area contributed by atoms with Crippen molar-refractivity contribution in [1.29, 1.82) is 0 Å². The van der Waals surface area contributed by atoms with E-state index in [1.807, 2.05) is 5.32 Å². The average Bonchev–Trinajstić information content (AvgIpc) is 2.01. The number of carboxylic acids is 2. The largest absolute Gasteiger partial charge is 0.481 e. The van der Waals surface area contributed by atoms with E-state index in [2.05, 4.69) is 0 Å². The zero-order valence-electron chi connectivity index (χ0n) is 7.82. The summed E-state index contributed by atoms with van der Waals surface area (Å²) in [5, 5.41) is 19.1. The van der Waals surface area contributed by atoms with Crippen molar-refractivity contribution in [1.82, 2.24) is 5.32 Å². The third-order valence-electron chi connectivity index (χ3n) is 1.67. The topological polar surface area (TPSA) is 144 Å². The van der Waals surface area contributed by atoms with Gasteiger partial charge in [-0.15, -0.1) is 0 Å². The normalized spacial score (nSPS) is 15.7. The van der Waals surface area contributed by atoms with Crippen LogP contribution >= 0.6 is 7.60 Å². The van der Waals surface area contributed by atoms with Crippen molar-refractivity contribution in [3.8, 4) is 0 Å². The molecule has 2 unspecified atom stereocenters. The van der Waals surface area contributed by atoms with Crippen LogP contribution in [0.1, 0.15) is 6.92 Å². The molecule has 0 radical (unpaired) electrons. The molecule has 0 aliphatic heterocycles. The van der Waals surface area contributed by atoms with Crippen molar-refractivity contribution in [2.75, 3.05) is 6.29 Å². The molecule has 9 heteroatoms. The number of carbonyl (C=O) groups is 2. The molecule has 8 nitrogen and oxygen atoms in total. The minimum Gasteiger partial charge on any atom is -0.481 e. The van der Waals surface area contributed by atoms with Gasteiger partial charge in [0.05, 0.1) is 12.2 Å². The van der Waals surface area contributed by atoms with Crippen LogP contribution in [-0.4, -0.2) is 44.3 Å². The maximum absolute atomic E-state index is 10.6. The molecule has 0 aromatic heterocycles. The molecule has 0 aromatic carbocycles. The van der Waals surface area contributed by atoms with E-state index in [4.69, 9.17) is 20.0 Å². The predicted octanol–water partition coefficient (Wildman–Crippen LogP) is -1.11. The summed E-state index contributed by atoms with van der Waals surface area (Å²) >= 11 is 0. The highest BCUT2D eigenvalue weighted by molar-refractivity contribution is 7.51. The van der Waals surface area contributed by atoms with E-state index in [-0.39, 0.29) is 0 Å². The lowest BCUT2D eigenvalue weighted by Gasteiger charge is -2.18. The predicted molar refractivity (Wildman–Crippen MR) is 48.3 cm³/mol. The van der Waals surface area contributed by atoms with Gasteiger partial charge in [0.15, 0.2) is 0 Å². The van der Waals surface area contributed by atoms with Gasteiger partial charge in [-0.3, -0.25) is 19.5 Å². The summed E-state index contributed by atoms with van der Waals surface area (Å²) in [6.45, 7) is 1.13. The van der Waals surface area contributed by atoms with Crippen LogP contribution in [0.25, 0.3) is 0 Å². The fourth-order valence-corrected chi connectivity index (χ4v) is 1.27. The molecule has 0 aliphatic carbocycles. The molecule has 0 rings (SSSR count). The van der Waals surface area contributed by atoms with Gasteiger partial charge in [-0.05, 0) is 6.92 Å². The van der Waals surface area contributed by atoms with Crippen molar-refractivity contribution < 1.29 is 34.2 Å². The zero-order valence-corrected chi connectivity index (χ0v) is 8.72. The molecule has 5 N–H and O–H groups in total. The van der Waals surface area contributed by atoms with E-state index in [0.29, 0.717) is 0 Å². The van der Waals surface area contributed by atoms with Gasteiger partial charge in [-0.1, -0.05) is 0 Å². The summed E-state index contributed by atoms with van der Waals surface area (Å²) in [6, 6.07) is -1.53. The molecule has 0 fully saturated rings. The summed E-state index contributed by atoms with van der Waals surface area (Å²) in [5.74, 6) is -4.12. The SMILES string of the molecule is CC(C(=O)O)C(NCP(=O)(O)O)C(=O)O. The van der Waals surface area contributed by atoms with Crippen molar-refractivity contribution in [3.63, 3.8) is 0 Å². The fourth-order valence-electron chi connectivity index (χ4n) is 0.838. The molecule has 0 saturated carbocycles. The van der Waals surface area contributed by atoms with Gasteiger partial charge in [0, 0.05) is 0 Å². The number of carboxylic acid groups (broad SMARTS) is 2. The Morgan fingerprint density at radius 3 is 2.00 bits per heavy atom. The van der Waals surface area contributed by atoms with Crippen molar-refractivity contribution >= 4 is 19.5 Å². The Kier molecular flexibility index (Phi) is 4.89. The van der Waals surface area contributed by atoms with E-state index in [9.17, 15) is 14.2 Å². The van der Waals surface area contributed by atoms with Crippen LogP contribution in [0.4, 0.5) is 0 Å². The number of hydrogen-bond donors (Lipinski definition) is 5. The van der Waals surface area contributed by atoms with Gasteiger partial charge in [0.25, 0.3) is 0 Å². The van der Waals surface area contributed by atoms with E-state index in [0.717, 1.165) is 6.92 Å². The first kappa shape index (κ1) is 14.1. The Hall–Kier alpha value is -0.950. The molecule has 0 saturated heterocycles. The highest BCUT2D eigenvalue weighted by atomic mass is 31.2. The lowest BCUT2D eigenvalue weighted by atomic mass is 10.0. The van der Waals surface area contributed by atoms with Gasteiger partial charge >= 0.3 is 19.5 Å². The van der Waals surface area contributed by atoms with Gasteiger partial charge in [0.2, 0.25) is 0 Å². The molecule has 2 atom stereocenters. The molecule has 0 bridgehead atoms. The first-order valence-corrected chi connectivity index (χ1v) is 5.68. The third-order valence-corrected chi connectivity index (χ3v) is 2.27. The lowest BCUT2D eigenvalue weighted by molar-refractivity contribution is -0.150. The van der Waals surface area contributed by atoms with E-state index >= 15 is 0 Å². The Bertz CT molecular complexity index is 298. The summed E-state index contributed by atoms with van der Waals surface area (Å²) in [6.07, 6.45) is -0.873. The first-order valence-electron chi connectivity index (χ1n) is 3.88. The van der Waals surface area contributed by atoms with Crippen molar-refractivity contribution in [3.05, 3.63) is 0 Å². The quantitative estimate of drug-likeness (QED) is 0.368. The van der Waals surface area contributed by atoms with Crippen LogP contribution < -0.4 is 5.32 Å². The second-order valence-corrected chi connectivity index (χ2v) is 4.62. The molecule has 0 heterocycles. The van der Waals surface area contributed by atoms with Gasteiger partial charge < -0.3 is 20.0 Å². The smallest absolute Gasteiger partial charge is 0.339 e. The van der Waals surface area contributed by atoms with Gasteiger partial charge in [-0.25, -0.2) is 0 Å². The highest BCUT2D eigenvalue weighted by Crippen LogP contribution is 2.32. The van der Waals surface area contributed by atoms with Crippen molar-refractivity contribution in [2.45, 2.75) is 13.0 Å². The van der Waals surface area contributed by atoms with Crippen LogP contribution in [-0.2, 0) is 14.2 Å². The molecule has 88 valence electrons. The summed E-state index contributed by atoms with van der Waals surface area (Å²) < 4.78 is 10.4.